The van der Waals surface area contributed by atoms with Gasteiger partial charge in [0.2, 0.25) is 0 Å². The first-order chi connectivity index (χ1) is 8.72. The number of hydrogen-bond donors (Lipinski definition) is 1. The van der Waals surface area contributed by atoms with E-state index in [9.17, 15) is 4.79 Å². The lowest BCUT2D eigenvalue weighted by Crippen LogP contribution is -2.19. The molecule has 0 aromatic rings. The number of hydrogen-bond acceptors (Lipinski definition) is 4. The van der Waals surface area contributed by atoms with Gasteiger partial charge in [0, 0.05) is 11.5 Å². The lowest BCUT2D eigenvalue weighted by Gasteiger charge is -2.14. The van der Waals surface area contributed by atoms with Crippen LogP contribution < -0.4 is 0 Å². The zero-order chi connectivity index (χ0) is 13.3. The van der Waals surface area contributed by atoms with E-state index in [0.29, 0.717) is 6.54 Å². The first kappa shape index (κ1) is 14.3. The molecule has 0 atom stereocenters. The number of nitrogens with one attached hydrogen (secondary N) is 1. The quantitative estimate of drug-likeness (QED) is 0.129. The number of esters is 1. The molecule has 6 heteroatoms. The summed E-state index contributed by atoms with van der Waals surface area (Å²) in [5, 5.41) is 10.2. The van der Waals surface area contributed by atoms with Gasteiger partial charge in [-0.15, -0.1) is 0 Å². The number of ether oxygens (including phenoxy) is 1. The Bertz CT molecular complexity index is 368. The summed E-state index contributed by atoms with van der Waals surface area (Å²) in [4.78, 5) is 13.6. The fraction of sp³-hybridized carbons (Fsp3) is 0.667. The summed E-state index contributed by atoms with van der Waals surface area (Å²) in [6.45, 7) is 0.400. The summed E-state index contributed by atoms with van der Waals surface area (Å²) < 4.78 is 5.20. The van der Waals surface area contributed by atoms with Crippen LogP contribution in [0, 0.1) is 5.41 Å². The van der Waals surface area contributed by atoms with E-state index < -0.39 is 5.97 Å². The van der Waals surface area contributed by atoms with Crippen molar-refractivity contribution >= 4 is 12.2 Å². The molecule has 1 aliphatic carbocycles. The van der Waals surface area contributed by atoms with E-state index in [4.69, 9.17) is 15.7 Å². The Hall–Kier alpha value is -1.81. The maximum absolute atomic E-state index is 11.0. The molecule has 0 radical (unpaired) electrons. The molecular formula is C12H18N4O2. The third-order valence-electron chi connectivity index (χ3n) is 2.91. The van der Waals surface area contributed by atoms with Crippen molar-refractivity contribution < 1.29 is 9.53 Å². The summed E-state index contributed by atoms with van der Waals surface area (Å²) in [7, 11) is 0. The molecule has 1 rings (SSSR count). The number of unbranched alkanes of at least 4 members (excludes halogenated alkanes) is 2. The maximum atomic E-state index is 11.0. The summed E-state index contributed by atoms with van der Waals surface area (Å²) in [5.41, 5.74) is 7.79. The molecule has 0 unspecified atom stereocenters. The highest BCUT2D eigenvalue weighted by molar-refractivity contribution is 6.21. The second-order valence-electron chi connectivity index (χ2n) is 4.38. The van der Waals surface area contributed by atoms with Gasteiger partial charge in [-0.2, -0.15) is 0 Å². The lowest BCUT2D eigenvalue weighted by atomic mass is 10.1. The summed E-state index contributed by atoms with van der Waals surface area (Å²) in [6, 6.07) is 0. The van der Waals surface area contributed by atoms with Crippen molar-refractivity contribution in [3.05, 3.63) is 22.6 Å². The normalized spacial score (nSPS) is 16.0. The number of rotatable bonds is 9. The van der Waals surface area contributed by atoms with Gasteiger partial charge in [0.05, 0.1) is 0 Å². The Kier molecular flexibility index (Phi) is 5.94. The van der Waals surface area contributed by atoms with E-state index in [2.05, 4.69) is 10.0 Å². The first-order valence-electron chi connectivity index (χ1n) is 6.12. The molecule has 0 saturated heterocycles. The lowest BCUT2D eigenvalue weighted by molar-refractivity contribution is -0.142. The van der Waals surface area contributed by atoms with Crippen molar-refractivity contribution in [3.8, 4) is 0 Å². The van der Waals surface area contributed by atoms with Crippen LogP contribution in [0.3, 0.4) is 0 Å². The molecule has 0 aromatic heterocycles. The summed E-state index contributed by atoms with van der Waals surface area (Å²) in [6.07, 6.45) is 10.2. The van der Waals surface area contributed by atoms with E-state index in [1.807, 2.05) is 12.2 Å². The molecule has 18 heavy (non-hydrogen) atoms. The van der Waals surface area contributed by atoms with E-state index in [0.717, 1.165) is 44.7 Å². The van der Waals surface area contributed by atoms with Crippen LogP contribution in [0.2, 0.25) is 0 Å². The molecule has 98 valence electrons. The summed E-state index contributed by atoms with van der Waals surface area (Å²) in [5.74, 6) is -0.540. The van der Waals surface area contributed by atoms with Crippen molar-refractivity contribution in [3.63, 3.8) is 0 Å². The van der Waals surface area contributed by atoms with Crippen LogP contribution in [0.5, 0.6) is 0 Å². The monoisotopic (exact) mass is 250 g/mol. The van der Waals surface area contributed by atoms with Gasteiger partial charge < -0.3 is 10.1 Å². The zero-order valence-electron chi connectivity index (χ0n) is 10.3. The highest BCUT2D eigenvalue weighted by Gasteiger charge is 2.45. The van der Waals surface area contributed by atoms with Gasteiger partial charge in [-0.3, -0.25) is 0 Å². The average molecular weight is 250 g/mol. The summed E-state index contributed by atoms with van der Waals surface area (Å²) >= 11 is 0. The average Bonchev–Trinajstić information content (AvgIpc) is 3.12. The molecule has 0 amide bonds. The third-order valence-corrected chi connectivity index (χ3v) is 2.91. The van der Waals surface area contributed by atoms with Crippen molar-refractivity contribution in [1.29, 1.82) is 5.41 Å². The topological polar surface area (TPSA) is 98.9 Å². The molecule has 1 N–H and O–H groups in total. The molecule has 1 aliphatic rings. The van der Waals surface area contributed by atoms with Crippen LogP contribution in [0.25, 0.3) is 10.4 Å². The molecule has 0 heterocycles. The fourth-order valence-electron chi connectivity index (χ4n) is 1.77. The highest BCUT2D eigenvalue weighted by Crippen LogP contribution is 2.44. The second-order valence-corrected chi connectivity index (χ2v) is 4.38. The van der Waals surface area contributed by atoms with Gasteiger partial charge in [0.15, 0.2) is 0 Å². The Labute approximate surface area is 106 Å². The molecule has 1 saturated carbocycles. The van der Waals surface area contributed by atoms with E-state index in [1.54, 1.807) is 0 Å². The van der Waals surface area contributed by atoms with Crippen LogP contribution >= 0.6 is 0 Å². The first-order valence-corrected chi connectivity index (χ1v) is 6.12. The van der Waals surface area contributed by atoms with Crippen LogP contribution in [-0.4, -0.2) is 24.3 Å². The number of carbonyl (C=O) groups is 1. The molecule has 1 fully saturated rings. The Morgan fingerprint density at radius 3 is 2.83 bits per heavy atom. The number of allylic oxidation sites excluding steroid dienone is 1. The minimum atomic E-state index is -0.540. The van der Waals surface area contributed by atoms with Gasteiger partial charge in [-0.1, -0.05) is 17.3 Å². The van der Waals surface area contributed by atoms with Gasteiger partial charge in [-0.25, -0.2) is 4.79 Å². The van der Waals surface area contributed by atoms with Crippen LogP contribution in [0.1, 0.15) is 38.5 Å². The van der Waals surface area contributed by atoms with Crippen molar-refractivity contribution in [1.82, 2.24) is 0 Å². The largest absolute Gasteiger partial charge is 0.455 e. The highest BCUT2D eigenvalue weighted by atomic mass is 16.6. The number of nitrogens with zero attached hydrogens (tertiary/aromatic N) is 3. The Morgan fingerprint density at radius 1 is 1.44 bits per heavy atom. The maximum Gasteiger partial charge on any atom is 0.349 e. The van der Waals surface area contributed by atoms with Crippen molar-refractivity contribution in [2.24, 2.45) is 5.11 Å². The third kappa shape index (κ3) is 5.50. The van der Waals surface area contributed by atoms with E-state index in [-0.39, 0.29) is 5.60 Å². The van der Waals surface area contributed by atoms with E-state index in [1.165, 1.54) is 0 Å². The number of azide groups is 1. The minimum absolute atomic E-state index is 0.274. The van der Waals surface area contributed by atoms with Gasteiger partial charge >= 0.3 is 5.97 Å². The second kappa shape index (κ2) is 7.50. The van der Waals surface area contributed by atoms with Gasteiger partial charge in [0.25, 0.3) is 0 Å². The molecular weight excluding hydrogens is 232 g/mol. The van der Waals surface area contributed by atoms with Crippen LogP contribution in [0.4, 0.5) is 0 Å². The predicted molar refractivity (Wildman–Crippen MR) is 68.5 cm³/mol. The van der Waals surface area contributed by atoms with Crippen molar-refractivity contribution in [2.45, 2.75) is 44.1 Å². The molecule has 0 bridgehead atoms. The van der Waals surface area contributed by atoms with E-state index >= 15 is 0 Å². The SMILES string of the molecule is [N-]=[N+]=NC/C=C/CCCCC1(OC(=O)C=N)CC1. The van der Waals surface area contributed by atoms with Crippen molar-refractivity contribution in [2.75, 3.05) is 6.54 Å². The van der Waals surface area contributed by atoms with Gasteiger partial charge in [-0.05, 0) is 44.1 Å². The Morgan fingerprint density at radius 2 is 2.22 bits per heavy atom. The van der Waals surface area contributed by atoms with Crippen LogP contribution in [0.15, 0.2) is 17.3 Å². The molecule has 6 nitrogen and oxygen atoms in total. The molecule has 0 aromatic carbocycles. The number of carbonyl (C=O) groups excluding carboxylic acids is 1. The van der Waals surface area contributed by atoms with Gasteiger partial charge in [0.1, 0.15) is 11.8 Å². The molecule has 0 spiro atoms. The van der Waals surface area contributed by atoms with Crippen LogP contribution in [-0.2, 0) is 9.53 Å². The standard InChI is InChI=1S/C12H18N4O2/c13-10-11(17)18-12(7-8-12)6-4-2-1-3-5-9-15-16-14/h3,5,10,13H,1-2,4,6-9H2/b5-3+,13-10?. The Balaban J connectivity index is 2.07. The fourth-order valence-corrected chi connectivity index (χ4v) is 1.77. The predicted octanol–water partition coefficient (Wildman–Crippen LogP) is 3.14. The zero-order valence-corrected chi connectivity index (χ0v) is 10.3. The smallest absolute Gasteiger partial charge is 0.349 e. The minimum Gasteiger partial charge on any atom is -0.455 e. The molecule has 0 aliphatic heterocycles.